The number of ether oxygens (including phenoxy) is 1. The molecule has 0 radical (unpaired) electrons. The molecule has 25 heavy (non-hydrogen) atoms. The lowest BCUT2D eigenvalue weighted by atomic mass is 9.48. The summed E-state index contributed by atoms with van der Waals surface area (Å²) in [7, 11) is 0. The van der Waals surface area contributed by atoms with Crippen molar-refractivity contribution in [2.75, 3.05) is 6.61 Å². The predicted molar refractivity (Wildman–Crippen MR) is 95.5 cm³/mol. The first kappa shape index (κ1) is 16.9. The number of aryl methyl sites for hydroxylation is 1. The Morgan fingerprint density at radius 2 is 1.68 bits per heavy atom. The first-order valence-electron chi connectivity index (χ1n) is 9.79. The van der Waals surface area contributed by atoms with Gasteiger partial charge in [-0.25, -0.2) is 4.79 Å². The normalized spacial score (nSPS) is 32.8. The highest BCUT2D eigenvalue weighted by Crippen LogP contribution is 2.60. The van der Waals surface area contributed by atoms with Crippen LogP contribution in [-0.4, -0.2) is 22.9 Å². The van der Waals surface area contributed by atoms with Crippen LogP contribution in [-0.2, 0) is 16.1 Å². The average Bonchev–Trinajstić information content (AvgIpc) is 2.85. The van der Waals surface area contributed by atoms with Gasteiger partial charge in [0.25, 0.3) is 0 Å². The van der Waals surface area contributed by atoms with E-state index in [9.17, 15) is 9.59 Å². The Kier molecular flexibility index (Phi) is 4.04. The van der Waals surface area contributed by atoms with E-state index in [0.29, 0.717) is 5.56 Å². The number of ketones is 1. The minimum atomic E-state index is -0.356. The molecule has 1 heterocycles. The fraction of sp³-hybridized carbons (Fsp3) is 0.714. The van der Waals surface area contributed by atoms with E-state index in [4.69, 9.17) is 4.74 Å². The number of esters is 1. The Balaban J connectivity index is 1.43. The maximum Gasteiger partial charge on any atom is 0.340 e. The lowest BCUT2D eigenvalue weighted by molar-refractivity contribution is -0.147. The second-order valence-electron chi connectivity index (χ2n) is 8.73. The molecule has 4 heteroatoms. The van der Waals surface area contributed by atoms with Crippen molar-refractivity contribution >= 4 is 11.8 Å². The SMILES string of the molecule is CCn1c(C)cc(C(=O)OCC(=O)C23CC4CC(CC(C4)C2)C3)c1C. The molecule has 4 fully saturated rings. The van der Waals surface area contributed by atoms with Crippen LogP contribution in [0, 0.1) is 37.0 Å². The van der Waals surface area contributed by atoms with Gasteiger partial charge in [-0.1, -0.05) is 0 Å². The molecule has 0 aliphatic heterocycles. The second kappa shape index (κ2) is 6.00. The maximum absolute atomic E-state index is 13.0. The van der Waals surface area contributed by atoms with Crippen LogP contribution >= 0.6 is 0 Å². The van der Waals surface area contributed by atoms with Gasteiger partial charge in [-0.15, -0.1) is 0 Å². The van der Waals surface area contributed by atoms with E-state index in [0.717, 1.165) is 54.9 Å². The van der Waals surface area contributed by atoms with Gasteiger partial charge in [0.1, 0.15) is 0 Å². The van der Waals surface area contributed by atoms with E-state index in [-0.39, 0.29) is 23.8 Å². The van der Waals surface area contributed by atoms with Crippen LogP contribution in [0.5, 0.6) is 0 Å². The zero-order valence-corrected chi connectivity index (χ0v) is 15.6. The van der Waals surface area contributed by atoms with E-state index in [2.05, 4.69) is 11.5 Å². The van der Waals surface area contributed by atoms with Crippen molar-refractivity contribution in [3.63, 3.8) is 0 Å². The zero-order valence-electron chi connectivity index (χ0n) is 15.6. The van der Waals surface area contributed by atoms with Crippen LogP contribution in [0.4, 0.5) is 0 Å². The summed E-state index contributed by atoms with van der Waals surface area (Å²) in [5, 5.41) is 0. The van der Waals surface area contributed by atoms with E-state index in [1.165, 1.54) is 19.3 Å². The summed E-state index contributed by atoms with van der Waals surface area (Å²) in [6.07, 6.45) is 7.03. The number of nitrogens with zero attached hydrogens (tertiary/aromatic N) is 1. The zero-order chi connectivity index (χ0) is 17.8. The Morgan fingerprint density at radius 1 is 1.12 bits per heavy atom. The molecule has 5 rings (SSSR count). The van der Waals surface area contributed by atoms with Gasteiger partial charge in [0.2, 0.25) is 0 Å². The van der Waals surface area contributed by atoms with Gasteiger partial charge in [0.05, 0.1) is 5.56 Å². The first-order valence-corrected chi connectivity index (χ1v) is 9.79. The number of aromatic nitrogens is 1. The van der Waals surface area contributed by atoms with Crippen LogP contribution in [0.15, 0.2) is 6.07 Å². The van der Waals surface area contributed by atoms with Gasteiger partial charge in [0.15, 0.2) is 12.4 Å². The molecule has 136 valence electrons. The topological polar surface area (TPSA) is 48.3 Å². The molecule has 1 aromatic heterocycles. The fourth-order valence-electron chi connectivity index (χ4n) is 6.31. The van der Waals surface area contributed by atoms with Crippen molar-refractivity contribution in [1.29, 1.82) is 0 Å². The van der Waals surface area contributed by atoms with Gasteiger partial charge in [0, 0.05) is 23.3 Å². The molecule has 4 saturated carbocycles. The summed E-state index contributed by atoms with van der Waals surface area (Å²) in [6.45, 7) is 6.77. The molecule has 0 spiro atoms. The van der Waals surface area contributed by atoms with Crippen LogP contribution in [0.25, 0.3) is 0 Å². The molecule has 0 saturated heterocycles. The van der Waals surface area contributed by atoms with Crippen LogP contribution in [0.1, 0.15) is 67.2 Å². The van der Waals surface area contributed by atoms with Gasteiger partial charge in [-0.3, -0.25) is 4.79 Å². The van der Waals surface area contributed by atoms with Crippen molar-refractivity contribution in [3.05, 3.63) is 23.0 Å². The van der Waals surface area contributed by atoms with E-state index in [1.54, 1.807) is 0 Å². The van der Waals surface area contributed by atoms with Crippen LogP contribution in [0.3, 0.4) is 0 Å². The number of carbonyl (C=O) groups is 2. The minimum absolute atomic E-state index is 0.0548. The summed E-state index contributed by atoms with van der Waals surface area (Å²) in [5.41, 5.74) is 2.39. The summed E-state index contributed by atoms with van der Waals surface area (Å²) in [6, 6.07) is 1.87. The fourth-order valence-corrected chi connectivity index (χ4v) is 6.31. The molecule has 0 amide bonds. The summed E-state index contributed by atoms with van der Waals surface area (Å²) >= 11 is 0. The largest absolute Gasteiger partial charge is 0.454 e. The minimum Gasteiger partial charge on any atom is -0.454 e. The molecule has 0 aromatic carbocycles. The van der Waals surface area contributed by atoms with Crippen molar-refractivity contribution in [2.45, 2.75) is 65.8 Å². The van der Waals surface area contributed by atoms with E-state index >= 15 is 0 Å². The van der Waals surface area contributed by atoms with Gasteiger partial charge in [-0.05, 0) is 83.1 Å². The first-order chi connectivity index (χ1) is 11.9. The number of Topliss-reactive ketones (excluding diaryl/α,β-unsaturated/α-hetero) is 1. The number of rotatable bonds is 5. The van der Waals surface area contributed by atoms with Gasteiger partial charge >= 0.3 is 5.97 Å². The van der Waals surface area contributed by atoms with Crippen LogP contribution < -0.4 is 0 Å². The molecule has 1 aromatic rings. The Hall–Kier alpha value is -1.58. The van der Waals surface area contributed by atoms with Gasteiger partial charge in [-0.2, -0.15) is 0 Å². The smallest absolute Gasteiger partial charge is 0.340 e. The van der Waals surface area contributed by atoms with Crippen molar-refractivity contribution in [2.24, 2.45) is 23.2 Å². The number of carbonyl (C=O) groups excluding carboxylic acids is 2. The molecule has 0 atom stereocenters. The Morgan fingerprint density at radius 3 is 2.16 bits per heavy atom. The third-order valence-electron chi connectivity index (χ3n) is 7.07. The van der Waals surface area contributed by atoms with E-state index < -0.39 is 0 Å². The number of hydrogen-bond acceptors (Lipinski definition) is 3. The second-order valence-corrected chi connectivity index (χ2v) is 8.73. The highest BCUT2D eigenvalue weighted by molar-refractivity contribution is 5.94. The monoisotopic (exact) mass is 343 g/mol. The summed E-state index contributed by atoms with van der Waals surface area (Å²) in [4.78, 5) is 25.5. The molecule has 4 nitrogen and oxygen atoms in total. The molecule has 0 unspecified atom stereocenters. The van der Waals surface area contributed by atoms with Crippen molar-refractivity contribution in [1.82, 2.24) is 4.57 Å². The summed E-state index contributed by atoms with van der Waals surface area (Å²) < 4.78 is 7.57. The maximum atomic E-state index is 13.0. The highest BCUT2D eigenvalue weighted by Gasteiger charge is 2.54. The summed E-state index contributed by atoms with van der Waals surface area (Å²) in [5.74, 6) is 2.01. The van der Waals surface area contributed by atoms with Crippen molar-refractivity contribution < 1.29 is 14.3 Å². The third-order valence-corrected chi connectivity index (χ3v) is 7.07. The Bertz CT molecular complexity index is 680. The highest BCUT2D eigenvalue weighted by atomic mass is 16.5. The third kappa shape index (κ3) is 2.74. The molecule has 4 aliphatic rings. The van der Waals surface area contributed by atoms with E-state index in [1.807, 2.05) is 19.9 Å². The lowest BCUT2D eigenvalue weighted by Gasteiger charge is -2.55. The van der Waals surface area contributed by atoms with Gasteiger partial charge < -0.3 is 9.30 Å². The Labute approximate surface area is 149 Å². The molecular formula is C21H29NO3. The molecule has 0 N–H and O–H groups in total. The van der Waals surface area contributed by atoms with Crippen LogP contribution in [0.2, 0.25) is 0 Å². The standard InChI is InChI=1S/C21H29NO3/c1-4-22-13(2)5-18(14(22)3)20(24)25-12-19(23)21-9-15-6-16(10-21)8-17(7-15)11-21/h5,15-17H,4,6-12H2,1-3H3. The quantitative estimate of drug-likeness (QED) is 0.757. The lowest BCUT2D eigenvalue weighted by Crippen LogP contribution is -2.51. The molecular weight excluding hydrogens is 314 g/mol. The number of hydrogen-bond donors (Lipinski definition) is 0. The van der Waals surface area contributed by atoms with Crippen molar-refractivity contribution in [3.8, 4) is 0 Å². The predicted octanol–water partition coefficient (Wildman–Crippen LogP) is 4.07. The molecule has 4 aliphatic carbocycles. The average molecular weight is 343 g/mol. The molecule has 4 bridgehead atoms.